The van der Waals surface area contributed by atoms with Gasteiger partial charge in [-0.15, -0.1) is 0 Å². The minimum Gasteiger partial charge on any atom is -0.316 e. The molecule has 1 atom stereocenters. The van der Waals surface area contributed by atoms with E-state index in [1.807, 2.05) is 19.2 Å². The van der Waals surface area contributed by atoms with E-state index in [0.717, 1.165) is 25.2 Å². The highest BCUT2D eigenvalue weighted by atomic mass is 16.2. The van der Waals surface area contributed by atoms with Crippen molar-refractivity contribution in [2.24, 2.45) is 5.92 Å². The Hall–Kier alpha value is -1.42. The van der Waals surface area contributed by atoms with Gasteiger partial charge in [-0.05, 0) is 44.0 Å². The van der Waals surface area contributed by atoms with Crippen molar-refractivity contribution >= 4 is 11.6 Å². The van der Waals surface area contributed by atoms with Crippen LogP contribution in [0.2, 0.25) is 0 Å². The Labute approximate surface area is 102 Å². The molecule has 4 heteroatoms. The number of hydrogen-bond acceptors (Lipinski definition) is 3. The van der Waals surface area contributed by atoms with Crippen LogP contribution in [0.5, 0.6) is 0 Å². The number of nitrogens with one attached hydrogen (secondary N) is 1. The quantitative estimate of drug-likeness (QED) is 0.855. The molecule has 1 aromatic heterocycles. The van der Waals surface area contributed by atoms with E-state index < -0.39 is 0 Å². The van der Waals surface area contributed by atoms with Crippen LogP contribution in [0.1, 0.15) is 19.3 Å². The standard InChI is InChI=1S/C13H19N3O/c1-16(12-3-2-7-14-10-12)13(17)5-4-11-6-8-15-9-11/h2-3,7,10-11,15H,4-6,8-9H2,1H3. The molecule has 1 unspecified atom stereocenters. The van der Waals surface area contributed by atoms with Crippen LogP contribution >= 0.6 is 0 Å². The van der Waals surface area contributed by atoms with Crippen molar-refractivity contribution < 1.29 is 4.79 Å². The lowest BCUT2D eigenvalue weighted by Crippen LogP contribution is -2.26. The van der Waals surface area contributed by atoms with Crippen LogP contribution in [0, 0.1) is 5.92 Å². The topological polar surface area (TPSA) is 45.2 Å². The van der Waals surface area contributed by atoms with Gasteiger partial charge in [0.1, 0.15) is 0 Å². The Morgan fingerprint density at radius 1 is 1.65 bits per heavy atom. The molecule has 2 heterocycles. The molecule has 1 aliphatic rings. The monoisotopic (exact) mass is 233 g/mol. The number of hydrogen-bond donors (Lipinski definition) is 1. The second-order valence-corrected chi connectivity index (χ2v) is 4.56. The van der Waals surface area contributed by atoms with E-state index in [-0.39, 0.29) is 5.91 Å². The normalized spacial score (nSPS) is 19.2. The molecular weight excluding hydrogens is 214 g/mol. The van der Waals surface area contributed by atoms with Crippen LogP contribution in [0.4, 0.5) is 5.69 Å². The fourth-order valence-electron chi connectivity index (χ4n) is 2.15. The third-order valence-electron chi connectivity index (χ3n) is 3.34. The van der Waals surface area contributed by atoms with Gasteiger partial charge in [-0.25, -0.2) is 0 Å². The van der Waals surface area contributed by atoms with Crippen molar-refractivity contribution in [2.75, 3.05) is 25.0 Å². The molecule has 0 bridgehead atoms. The van der Waals surface area contributed by atoms with Gasteiger partial charge in [0.2, 0.25) is 5.91 Å². The first-order valence-corrected chi connectivity index (χ1v) is 6.14. The average molecular weight is 233 g/mol. The van der Waals surface area contributed by atoms with E-state index in [4.69, 9.17) is 0 Å². The second-order valence-electron chi connectivity index (χ2n) is 4.56. The Balaban J connectivity index is 1.83. The Kier molecular flexibility index (Phi) is 4.09. The van der Waals surface area contributed by atoms with Crippen molar-refractivity contribution in [1.82, 2.24) is 10.3 Å². The van der Waals surface area contributed by atoms with Gasteiger partial charge in [0.05, 0.1) is 11.9 Å². The van der Waals surface area contributed by atoms with Crippen molar-refractivity contribution in [3.8, 4) is 0 Å². The van der Waals surface area contributed by atoms with Gasteiger partial charge in [0.25, 0.3) is 0 Å². The molecule has 1 aliphatic heterocycles. The summed E-state index contributed by atoms with van der Waals surface area (Å²) in [5.41, 5.74) is 0.863. The van der Waals surface area contributed by atoms with Gasteiger partial charge in [-0.1, -0.05) is 0 Å². The average Bonchev–Trinajstić information content (AvgIpc) is 2.89. The fourth-order valence-corrected chi connectivity index (χ4v) is 2.15. The number of carbonyl (C=O) groups is 1. The van der Waals surface area contributed by atoms with Crippen LogP contribution < -0.4 is 10.2 Å². The van der Waals surface area contributed by atoms with Gasteiger partial charge in [-0.3, -0.25) is 9.78 Å². The number of anilines is 1. The molecule has 0 aromatic carbocycles. The second kappa shape index (κ2) is 5.77. The van der Waals surface area contributed by atoms with Crippen molar-refractivity contribution in [1.29, 1.82) is 0 Å². The van der Waals surface area contributed by atoms with Crippen LogP contribution in [-0.2, 0) is 4.79 Å². The van der Waals surface area contributed by atoms with E-state index in [2.05, 4.69) is 10.3 Å². The third kappa shape index (κ3) is 3.27. The summed E-state index contributed by atoms with van der Waals surface area (Å²) in [6, 6.07) is 3.75. The summed E-state index contributed by atoms with van der Waals surface area (Å²) in [7, 11) is 1.81. The zero-order chi connectivity index (χ0) is 12.1. The van der Waals surface area contributed by atoms with E-state index in [9.17, 15) is 4.79 Å². The number of pyridine rings is 1. The maximum atomic E-state index is 12.0. The summed E-state index contributed by atoms with van der Waals surface area (Å²) in [5, 5.41) is 3.32. The molecule has 1 saturated heterocycles. The maximum absolute atomic E-state index is 12.0. The highest BCUT2D eigenvalue weighted by Gasteiger charge is 2.17. The number of amides is 1. The van der Waals surface area contributed by atoms with Crippen LogP contribution in [-0.4, -0.2) is 31.0 Å². The molecule has 0 saturated carbocycles. The Morgan fingerprint density at radius 2 is 2.53 bits per heavy atom. The molecule has 1 N–H and O–H groups in total. The highest BCUT2D eigenvalue weighted by molar-refractivity contribution is 5.92. The van der Waals surface area contributed by atoms with Gasteiger partial charge in [0, 0.05) is 19.7 Å². The largest absolute Gasteiger partial charge is 0.316 e. The predicted molar refractivity (Wildman–Crippen MR) is 67.9 cm³/mol. The Bertz CT molecular complexity index is 360. The molecule has 17 heavy (non-hydrogen) atoms. The van der Waals surface area contributed by atoms with E-state index >= 15 is 0 Å². The zero-order valence-corrected chi connectivity index (χ0v) is 10.2. The smallest absolute Gasteiger partial charge is 0.226 e. The first-order chi connectivity index (χ1) is 8.27. The molecule has 1 aromatic rings. The van der Waals surface area contributed by atoms with Crippen LogP contribution in [0.3, 0.4) is 0 Å². The van der Waals surface area contributed by atoms with E-state index in [0.29, 0.717) is 12.3 Å². The summed E-state index contributed by atoms with van der Waals surface area (Å²) >= 11 is 0. The molecule has 0 aliphatic carbocycles. The van der Waals surface area contributed by atoms with Crippen molar-refractivity contribution in [2.45, 2.75) is 19.3 Å². The van der Waals surface area contributed by atoms with Crippen LogP contribution in [0.15, 0.2) is 24.5 Å². The predicted octanol–water partition coefficient (Wildman–Crippen LogP) is 1.43. The number of nitrogens with zero attached hydrogens (tertiary/aromatic N) is 2. The minimum absolute atomic E-state index is 0.171. The van der Waals surface area contributed by atoms with E-state index in [1.165, 1.54) is 6.42 Å². The first kappa shape index (κ1) is 12.0. The van der Waals surface area contributed by atoms with Gasteiger partial charge < -0.3 is 10.2 Å². The minimum atomic E-state index is 0.171. The molecule has 2 rings (SSSR count). The summed E-state index contributed by atoms with van der Waals surface area (Å²) in [6.45, 7) is 2.15. The maximum Gasteiger partial charge on any atom is 0.226 e. The zero-order valence-electron chi connectivity index (χ0n) is 10.2. The SMILES string of the molecule is CN(C(=O)CCC1CCNC1)c1cccnc1. The summed E-state index contributed by atoms with van der Waals surface area (Å²) in [5.74, 6) is 0.839. The fraction of sp³-hybridized carbons (Fsp3) is 0.538. The molecule has 0 radical (unpaired) electrons. The molecule has 4 nitrogen and oxygen atoms in total. The highest BCUT2D eigenvalue weighted by Crippen LogP contribution is 2.17. The summed E-state index contributed by atoms with van der Waals surface area (Å²) in [6.07, 6.45) is 6.24. The third-order valence-corrected chi connectivity index (χ3v) is 3.34. The number of carbonyl (C=O) groups excluding carboxylic acids is 1. The summed E-state index contributed by atoms with van der Waals surface area (Å²) in [4.78, 5) is 17.7. The lowest BCUT2D eigenvalue weighted by Gasteiger charge is -2.17. The number of aromatic nitrogens is 1. The van der Waals surface area contributed by atoms with Gasteiger partial charge in [0.15, 0.2) is 0 Å². The summed E-state index contributed by atoms with van der Waals surface area (Å²) < 4.78 is 0. The molecule has 92 valence electrons. The van der Waals surface area contributed by atoms with Gasteiger partial charge >= 0.3 is 0 Å². The Morgan fingerprint density at radius 3 is 3.18 bits per heavy atom. The molecule has 1 amide bonds. The van der Waals surface area contributed by atoms with Crippen LogP contribution in [0.25, 0.3) is 0 Å². The van der Waals surface area contributed by atoms with Gasteiger partial charge in [-0.2, -0.15) is 0 Å². The van der Waals surface area contributed by atoms with Crippen molar-refractivity contribution in [3.63, 3.8) is 0 Å². The lowest BCUT2D eigenvalue weighted by atomic mass is 10.0. The lowest BCUT2D eigenvalue weighted by molar-refractivity contribution is -0.118. The molecular formula is C13H19N3O. The molecule has 0 spiro atoms. The number of rotatable bonds is 4. The van der Waals surface area contributed by atoms with E-state index in [1.54, 1.807) is 17.3 Å². The molecule has 1 fully saturated rings. The van der Waals surface area contributed by atoms with Crippen molar-refractivity contribution in [3.05, 3.63) is 24.5 Å². The first-order valence-electron chi connectivity index (χ1n) is 6.14.